The average molecular weight is 378 g/mol. The van der Waals surface area contributed by atoms with Crippen molar-refractivity contribution in [2.45, 2.75) is 64.9 Å². The van der Waals surface area contributed by atoms with E-state index in [-0.39, 0.29) is 47.7 Å². The fraction of sp³-hybridized carbons (Fsp3) is 0.727. The molecule has 2 unspecified atom stereocenters. The Bertz CT molecular complexity index is 774. The summed E-state index contributed by atoms with van der Waals surface area (Å²) in [5, 5.41) is 11.1. The molecule has 4 aliphatic rings. The van der Waals surface area contributed by atoms with Gasteiger partial charge >= 0.3 is 0 Å². The van der Waals surface area contributed by atoms with Crippen molar-refractivity contribution in [3.8, 4) is 0 Å². The van der Waals surface area contributed by atoms with Gasteiger partial charge in [-0.3, -0.25) is 9.59 Å². The number of ketones is 2. The van der Waals surface area contributed by atoms with Gasteiger partial charge in [0.15, 0.2) is 11.5 Å². The van der Waals surface area contributed by atoms with Gasteiger partial charge in [-0.2, -0.15) is 0 Å². The molecule has 0 spiro atoms. The molecule has 0 aromatic carbocycles. The highest BCUT2D eigenvalue weighted by Gasteiger charge is 2.72. The molecule has 9 atom stereocenters. The third kappa shape index (κ3) is 2.15. The van der Waals surface area contributed by atoms with Crippen LogP contribution in [0, 0.1) is 34.5 Å². The maximum atomic E-state index is 16.8. The van der Waals surface area contributed by atoms with Gasteiger partial charge in [-0.05, 0) is 68.1 Å². The van der Waals surface area contributed by atoms with Crippen LogP contribution in [0.5, 0.6) is 0 Å². The first kappa shape index (κ1) is 19.0. The van der Waals surface area contributed by atoms with Crippen molar-refractivity contribution in [3.05, 3.63) is 23.8 Å². The zero-order chi connectivity index (χ0) is 19.9. The lowest BCUT2D eigenvalue weighted by Crippen LogP contribution is -2.68. The molecule has 4 aliphatic carbocycles. The predicted octanol–water partition coefficient (Wildman–Crippen LogP) is 3.76. The molecule has 0 heterocycles. The van der Waals surface area contributed by atoms with Gasteiger partial charge in [0.05, 0.1) is 6.10 Å². The first-order valence-electron chi connectivity index (χ1n) is 9.93. The summed E-state index contributed by atoms with van der Waals surface area (Å²) in [7, 11) is 0. The Balaban J connectivity index is 1.86. The molecule has 4 rings (SSSR count). The summed E-state index contributed by atoms with van der Waals surface area (Å²) in [5.74, 6) is -1.29. The number of rotatable bonds is 1. The number of fused-ring (bicyclic) bond motifs is 5. The Hall–Kier alpha value is -1.36. The zero-order valence-corrected chi connectivity index (χ0v) is 16.3. The quantitative estimate of drug-likeness (QED) is 0.756. The van der Waals surface area contributed by atoms with Crippen LogP contribution in [0.3, 0.4) is 0 Å². The van der Waals surface area contributed by atoms with Crippen molar-refractivity contribution in [2.24, 2.45) is 34.5 Å². The summed E-state index contributed by atoms with van der Waals surface area (Å²) < 4.78 is 32.0. The molecule has 0 bridgehead atoms. The summed E-state index contributed by atoms with van der Waals surface area (Å²) in [6, 6.07) is 0. The van der Waals surface area contributed by atoms with E-state index in [0.29, 0.717) is 6.42 Å². The van der Waals surface area contributed by atoms with Crippen LogP contribution in [0.2, 0.25) is 0 Å². The van der Waals surface area contributed by atoms with Crippen LogP contribution in [0.15, 0.2) is 23.8 Å². The lowest BCUT2D eigenvalue weighted by Gasteiger charge is -2.62. The first-order valence-corrected chi connectivity index (χ1v) is 9.93. The second-order valence-corrected chi connectivity index (χ2v) is 9.75. The van der Waals surface area contributed by atoms with E-state index in [2.05, 4.69) is 0 Å². The Morgan fingerprint density at radius 2 is 1.93 bits per heavy atom. The Kier molecular flexibility index (Phi) is 3.93. The molecule has 0 aliphatic heterocycles. The van der Waals surface area contributed by atoms with Crippen molar-refractivity contribution >= 4 is 11.6 Å². The Morgan fingerprint density at radius 3 is 2.56 bits per heavy atom. The van der Waals surface area contributed by atoms with E-state index >= 15 is 8.78 Å². The summed E-state index contributed by atoms with van der Waals surface area (Å²) in [6.07, 6.45) is 2.02. The van der Waals surface area contributed by atoms with Crippen LogP contribution in [-0.4, -0.2) is 34.6 Å². The molecular weight excluding hydrogens is 350 g/mol. The minimum absolute atomic E-state index is 0.0479. The summed E-state index contributed by atoms with van der Waals surface area (Å²) in [4.78, 5) is 24.1. The van der Waals surface area contributed by atoms with Gasteiger partial charge < -0.3 is 5.11 Å². The van der Waals surface area contributed by atoms with Gasteiger partial charge in [0.25, 0.3) is 0 Å². The van der Waals surface area contributed by atoms with Crippen LogP contribution in [0.1, 0.15) is 47.0 Å². The van der Waals surface area contributed by atoms with Gasteiger partial charge in [-0.15, -0.1) is 0 Å². The highest BCUT2D eigenvalue weighted by Crippen LogP contribution is 2.70. The monoisotopic (exact) mass is 378 g/mol. The number of alkyl halides is 2. The number of Topliss-reactive ketones (excluding diaryl/α,β-unsaturated/α-hetero) is 1. The molecule has 0 radical (unpaired) electrons. The van der Waals surface area contributed by atoms with Gasteiger partial charge in [0.1, 0.15) is 12.0 Å². The first-order chi connectivity index (χ1) is 12.5. The van der Waals surface area contributed by atoms with E-state index in [4.69, 9.17) is 0 Å². The van der Waals surface area contributed by atoms with E-state index in [0.717, 1.165) is 0 Å². The predicted molar refractivity (Wildman–Crippen MR) is 97.4 cm³/mol. The van der Waals surface area contributed by atoms with E-state index in [1.54, 1.807) is 13.8 Å². The number of carbonyl (C=O) groups is 2. The van der Waals surface area contributed by atoms with Gasteiger partial charge in [-0.25, -0.2) is 8.78 Å². The number of hydrogen-bond acceptors (Lipinski definition) is 3. The van der Waals surface area contributed by atoms with Crippen LogP contribution in [0.25, 0.3) is 0 Å². The maximum Gasteiger partial charge on any atom is 0.178 e. The van der Waals surface area contributed by atoms with Gasteiger partial charge in [0, 0.05) is 17.3 Å². The third-order valence-electron chi connectivity index (χ3n) is 8.41. The molecule has 148 valence electrons. The standard InChI is InChI=1S/C22H28F2O3/c1-11-7-14-15-9-17(23)16-8-13(26)5-6-21(16,4)22(15,24)18(27)10-20(14,3)19(11)12(2)25/h5-6,8,11,14-15,17-19,27H,7,9-10H2,1-4H3/t11-,14?,15?,17+,18+,19-,20+,21+,22+/m1/s1. The van der Waals surface area contributed by atoms with Gasteiger partial charge in [0.2, 0.25) is 0 Å². The van der Waals surface area contributed by atoms with E-state index in [1.165, 1.54) is 18.2 Å². The van der Waals surface area contributed by atoms with Crippen LogP contribution >= 0.6 is 0 Å². The largest absolute Gasteiger partial charge is 0.390 e. The minimum Gasteiger partial charge on any atom is -0.390 e. The smallest absolute Gasteiger partial charge is 0.178 e. The Morgan fingerprint density at radius 1 is 1.26 bits per heavy atom. The lowest BCUT2D eigenvalue weighted by atomic mass is 9.45. The highest BCUT2D eigenvalue weighted by atomic mass is 19.1. The van der Waals surface area contributed by atoms with Crippen molar-refractivity contribution in [1.29, 1.82) is 0 Å². The second kappa shape index (κ2) is 5.59. The number of allylic oxidation sites excluding steroid dienone is 4. The maximum absolute atomic E-state index is 16.8. The normalized spacial score (nSPS) is 54.0. The van der Waals surface area contributed by atoms with Crippen LogP contribution in [-0.2, 0) is 9.59 Å². The molecule has 0 aromatic rings. The summed E-state index contributed by atoms with van der Waals surface area (Å²) in [5.41, 5.74) is -3.78. The average Bonchev–Trinajstić information content (AvgIpc) is 2.82. The number of aliphatic hydroxyl groups excluding tert-OH is 1. The molecule has 5 heteroatoms. The number of hydrogen-bond donors (Lipinski definition) is 1. The molecule has 1 N–H and O–H groups in total. The van der Waals surface area contributed by atoms with Crippen molar-refractivity contribution in [3.63, 3.8) is 0 Å². The summed E-state index contributed by atoms with van der Waals surface area (Å²) >= 11 is 0. The van der Waals surface area contributed by atoms with Crippen LogP contribution in [0.4, 0.5) is 8.78 Å². The fourth-order valence-corrected chi connectivity index (χ4v) is 7.44. The molecule has 3 fully saturated rings. The summed E-state index contributed by atoms with van der Waals surface area (Å²) in [6.45, 7) is 7.14. The highest BCUT2D eigenvalue weighted by molar-refractivity contribution is 6.01. The topological polar surface area (TPSA) is 54.4 Å². The molecule has 3 saturated carbocycles. The van der Waals surface area contributed by atoms with E-state index in [9.17, 15) is 14.7 Å². The Labute approximate surface area is 158 Å². The van der Waals surface area contributed by atoms with E-state index in [1.807, 2.05) is 13.8 Å². The van der Waals surface area contributed by atoms with Crippen molar-refractivity contribution in [1.82, 2.24) is 0 Å². The third-order valence-corrected chi connectivity index (χ3v) is 8.41. The molecule has 3 nitrogen and oxygen atoms in total. The lowest BCUT2D eigenvalue weighted by molar-refractivity contribution is -0.201. The zero-order valence-electron chi connectivity index (χ0n) is 16.3. The molecule has 27 heavy (non-hydrogen) atoms. The van der Waals surface area contributed by atoms with E-state index < -0.39 is 34.7 Å². The fourth-order valence-electron chi connectivity index (χ4n) is 7.44. The number of halogens is 2. The minimum atomic E-state index is -2.05. The van der Waals surface area contributed by atoms with Crippen LogP contribution < -0.4 is 0 Å². The van der Waals surface area contributed by atoms with Gasteiger partial charge in [-0.1, -0.05) is 19.9 Å². The molecule has 0 amide bonds. The van der Waals surface area contributed by atoms with Crippen molar-refractivity contribution < 1.29 is 23.5 Å². The molecule has 0 aromatic heterocycles. The number of carbonyl (C=O) groups excluding carboxylic acids is 2. The molecular formula is C22H28F2O3. The SMILES string of the molecule is CC(=O)[C@H]1[C@H](C)CC2C3C[C@H](F)C4=CC(=O)C=C[C@]4(C)[C@@]3(F)[C@@H](O)C[C@@]21C. The van der Waals surface area contributed by atoms with Crippen molar-refractivity contribution in [2.75, 3.05) is 0 Å². The number of aliphatic hydroxyl groups is 1. The second-order valence-electron chi connectivity index (χ2n) is 9.75. The molecule has 0 saturated heterocycles.